The van der Waals surface area contributed by atoms with Gasteiger partial charge in [-0.05, 0) is 42.5 Å². The highest BCUT2D eigenvalue weighted by Gasteiger charge is 2.09. The second-order valence-corrected chi connectivity index (χ2v) is 5.22. The maximum absolute atomic E-state index is 12.2. The minimum absolute atomic E-state index is 0.179. The van der Waals surface area contributed by atoms with Crippen LogP contribution >= 0.6 is 0 Å². The summed E-state index contributed by atoms with van der Waals surface area (Å²) in [7, 11) is 0. The fraction of sp³-hybridized carbons (Fsp3) is 0. The van der Waals surface area contributed by atoms with Gasteiger partial charge in [0.2, 0.25) is 0 Å². The SMILES string of the molecule is O=C(Nc1ccc2nc(-c3ccccn3)[nH]c2c1)c1ccncc1. The summed E-state index contributed by atoms with van der Waals surface area (Å²) in [5.74, 6) is 0.518. The van der Waals surface area contributed by atoms with Gasteiger partial charge in [0, 0.05) is 29.8 Å². The summed E-state index contributed by atoms with van der Waals surface area (Å²) < 4.78 is 0. The van der Waals surface area contributed by atoms with Gasteiger partial charge < -0.3 is 10.3 Å². The Balaban J connectivity index is 1.63. The normalized spacial score (nSPS) is 10.7. The molecule has 0 fully saturated rings. The van der Waals surface area contributed by atoms with Gasteiger partial charge in [-0.2, -0.15) is 0 Å². The Morgan fingerprint density at radius 3 is 2.67 bits per heavy atom. The van der Waals surface area contributed by atoms with Gasteiger partial charge in [-0.1, -0.05) is 6.07 Å². The molecule has 0 spiro atoms. The molecule has 0 bridgehead atoms. The molecule has 1 amide bonds. The quantitative estimate of drug-likeness (QED) is 0.608. The van der Waals surface area contributed by atoms with Gasteiger partial charge in [-0.25, -0.2) is 4.98 Å². The number of amides is 1. The number of hydrogen-bond donors (Lipinski definition) is 2. The number of aromatic amines is 1. The van der Waals surface area contributed by atoms with Crippen molar-refractivity contribution in [2.24, 2.45) is 0 Å². The zero-order valence-electron chi connectivity index (χ0n) is 12.6. The van der Waals surface area contributed by atoms with Crippen LogP contribution in [0.5, 0.6) is 0 Å². The molecule has 0 unspecified atom stereocenters. The predicted octanol–water partition coefficient (Wildman–Crippen LogP) is 3.27. The van der Waals surface area contributed by atoms with E-state index in [0.717, 1.165) is 16.7 Å². The molecule has 6 nitrogen and oxygen atoms in total. The lowest BCUT2D eigenvalue weighted by molar-refractivity contribution is 0.102. The molecule has 0 saturated heterocycles. The van der Waals surface area contributed by atoms with E-state index in [9.17, 15) is 4.79 Å². The highest BCUT2D eigenvalue weighted by Crippen LogP contribution is 2.22. The summed E-state index contributed by atoms with van der Waals surface area (Å²) in [5, 5.41) is 2.87. The van der Waals surface area contributed by atoms with Gasteiger partial charge in [-0.3, -0.25) is 14.8 Å². The van der Waals surface area contributed by atoms with E-state index in [-0.39, 0.29) is 5.91 Å². The summed E-state index contributed by atoms with van der Waals surface area (Å²) in [4.78, 5) is 28.1. The van der Waals surface area contributed by atoms with E-state index in [0.29, 0.717) is 17.1 Å². The van der Waals surface area contributed by atoms with Crippen LogP contribution in [-0.2, 0) is 0 Å². The van der Waals surface area contributed by atoms with Crippen LogP contribution in [0.25, 0.3) is 22.6 Å². The molecular weight excluding hydrogens is 302 g/mol. The molecule has 116 valence electrons. The number of pyridine rings is 2. The monoisotopic (exact) mass is 315 g/mol. The molecule has 0 aliphatic rings. The first-order chi connectivity index (χ1) is 11.8. The van der Waals surface area contributed by atoms with Crippen LogP contribution in [0, 0.1) is 0 Å². The van der Waals surface area contributed by atoms with E-state index >= 15 is 0 Å². The van der Waals surface area contributed by atoms with Gasteiger partial charge in [0.15, 0.2) is 5.82 Å². The molecule has 2 N–H and O–H groups in total. The Kier molecular flexibility index (Phi) is 3.47. The molecular formula is C18H13N5O. The number of benzene rings is 1. The number of nitrogens with one attached hydrogen (secondary N) is 2. The molecule has 3 aromatic heterocycles. The molecule has 4 rings (SSSR count). The smallest absolute Gasteiger partial charge is 0.255 e. The third-order valence-corrected chi connectivity index (χ3v) is 3.59. The van der Waals surface area contributed by atoms with Crippen LogP contribution < -0.4 is 5.32 Å². The van der Waals surface area contributed by atoms with Crippen molar-refractivity contribution in [3.63, 3.8) is 0 Å². The van der Waals surface area contributed by atoms with Crippen LogP contribution in [0.1, 0.15) is 10.4 Å². The first kappa shape index (κ1) is 14.1. The van der Waals surface area contributed by atoms with Crippen molar-refractivity contribution in [2.45, 2.75) is 0 Å². The first-order valence-corrected chi connectivity index (χ1v) is 7.42. The number of anilines is 1. The Morgan fingerprint density at radius 1 is 1.00 bits per heavy atom. The van der Waals surface area contributed by atoms with Gasteiger partial charge in [-0.15, -0.1) is 0 Å². The molecule has 0 saturated carbocycles. The van der Waals surface area contributed by atoms with E-state index in [1.807, 2.05) is 36.4 Å². The average molecular weight is 315 g/mol. The van der Waals surface area contributed by atoms with Gasteiger partial charge in [0.1, 0.15) is 5.69 Å². The van der Waals surface area contributed by atoms with Crippen LogP contribution in [-0.4, -0.2) is 25.8 Å². The number of fused-ring (bicyclic) bond motifs is 1. The van der Waals surface area contributed by atoms with Crippen molar-refractivity contribution in [1.29, 1.82) is 0 Å². The molecule has 0 radical (unpaired) electrons. The number of nitrogens with zero attached hydrogens (tertiary/aromatic N) is 3. The summed E-state index contributed by atoms with van der Waals surface area (Å²) in [5.41, 5.74) is 3.68. The maximum atomic E-state index is 12.2. The van der Waals surface area contributed by atoms with E-state index in [1.54, 1.807) is 30.7 Å². The minimum Gasteiger partial charge on any atom is -0.337 e. The number of carbonyl (C=O) groups is 1. The lowest BCUT2D eigenvalue weighted by Gasteiger charge is -2.04. The Labute approximate surface area is 137 Å². The Morgan fingerprint density at radius 2 is 1.88 bits per heavy atom. The lowest BCUT2D eigenvalue weighted by Crippen LogP contribution is -2.11. The molecule has 0 aliphatic heterocycles. The molecule has 4 aromatic rings. The highest BCUT2D eigenvalue weighted by molar-refractivity contribution is 6.04. The van der Waals surface area contributed by atoms with Crippen LogP contribution in [0.4, 0.5) is 5.69 Å². The standard InChI is InChI=1S/C18H13N5O/c24-18(12-6-9-19-10-7-12)21-13-4-5-14-16(11-13)23-17(22-14)15-3-1-2-8-20-15/h1-11H,(H,21,24)(H,22,23). The minimum atomic E-state index is -0.179. The molecule has 0 aliphatic carbocycles. The van der Waals surface area contributed by atoms with Gasteiger partial charge in [0.05, 0.1) is 11.0 Å². The molecule has 3 heterocycles. The second-order valence-electron chi connectivity index (χ2n) is 5.22. The summed E-state index contributed by atoms with van der Waals surface area (Å²) in [6, 6.07) is 14.5. The summed E-state index contributed by atoms with van der Waals surface area (Å²) in [6.45, 7) is 0. The second kappa shape index (κ2) is 5.92. The van der Waals surface area contributed by atoms with Gasteiger partial charge >= 0.3 is 0 Å². The zero-order valence-corrected chi connectivity index (χ0v) is 12.6. The van der Waals surface area contributed by atoms with Crippen LogP contribution in [0.3, 0.4) is 0 Å². The van der Waals surface area contributed by atoms with E-state index in [1.165, 1.54) is 0 Å². The zero-order chi connectivity index (χ0) is 16.4. The van der Waals surface area contributed by atoms with Crippen molar-refractivity contribution >= 4 is 22.6 Å². The topological polar surface area (TPSA) is 83.6 Å². The lowest BCUT2D eigenvalue weighted by atomic mass is 10.2. The third kappa shape index (κ3) is 2.72. The summed E-state index contributed by atoms with van der Waals surface area (Å²) in [6.07, 6.45) is 4.90. The number of rotatable bonds is 3. The number of hydrogen-bond acceptors (Lipinski definition) is 4. The van der Waals surface area contributed by atoms with Crippen molar-refractivity contribution in [2.75, 3.05) is 5.32 Å². The Bertz CT molecular complexity index is 996. The molecule has 0 atom stereocenters. The number of aromatic nitrogens is 4. The largest absolute Gasteiger partial charge is 0.337 e. The molecule has 1 aromatic carbocycles. The number of H-pyrrole nitrogens is 1. The van der Waals surface area contributed by atoms with Crippen LogP contribution in [0.2, 0.25) is 0 Å². The van der Waals surface area contributed by atoms with Crippen molar-refractivity contribution in [3.8, 4) is 11.5 Å². The van der Waals surface area contributed by atoms with Gasteiger partial charge in [0.25, 0.3) is 5.91 Å². The third-order valence-electron chi connectivity index (χ3n) is 3.59. The first-order valence-electron chi connectivity index (χ1n) is 7.42. The average Bonchev–Trinajstić information content (AvgIpc) is 3.06. The van der Waals surface area contributed by atoms with E-state index < -0.39 is 0 Å². The summed E-state index contributed by atoms with van der Waals surface area (Å²) >= 11 is 0. The highest BCUT2D eigenvalue weighted by atomic mass is 16.1. The molecule has 24 heavy (non-hydrogen) atoms. The van der Waals surface area contributed by atoms with Crippen LogP contribution in [0.15, 0.2) is 67.1 Å². The number of carbonyl (C=O) groups excluding carboxylic acids is 1. The fourth-order valence-electron chi connectivity index (χ4n) is 2.42. The fourth-order valence-corrected chi connectivity index (χ4v) is 2.42. The van der Waals surface area contributed by atoms with E-state index in [2.05, 4.69) is 25.3 Å². The van der Waals surface area contributed by atoms with Crippen molar-refractivity contribution < 1.29 is 4.79 Å². The van der Waals surface area contributed by atoms with Crippen molar-refractivity contribution in [1.82, 2.24) is 19.9 Å². The predicted molar refractivity (Wildman–Crippen MR) is 91.5 cm³/mol. The molecule has 6 heteroatoms. The Hall–Kier alpha value is -3.54. The van der Waals surface area contributed by atoms with Crippen molar-refractivity contribution in [3.05, 3.63) is 72.7 Å². The number of imidazole rings is 1. The maximum Gasteiger partial charge on any atom is 0.255 e. The van der Waals surface area contributed by atoms with E-state index in [4.69, 9.17) is 0 Å².